The Kier molecular flexibility index (Phi) is 8.94. The van der Waals surface area contributed by atoms with Gasteiger partial charge in [0.05, 0.1) is 6.42 Å². The number of nitrogens with zero attached hydrogens (tertiary/aromatic N) is 3. The first-order valence-corrected chi connectivity index (χ1v) is 13.1. The van der Waals surface area contributed by atoms with Crippen LogP contribution in [0.25, 0.3) is 0 Å². The van der Waals surface area contributed by atoms with Crippen LogP contribution in [0.2, 0.25) is 0 Å². The minimum absolute atomic E-state index is 0.0174. The van der Waals surface area contributed by atoms with Crippen LogP contribution in [0.4, 0.5) is 24.8 Å². The first-order chi connectivity index (χ1) is 18.6. The minimum Gasteiger partial charge on any atom is -0.481 e. The van der Waals surface area contributed by atoms with Crippen molar-refractivity contribution in [3.05, 3.63) is 47.5 Å². The number of benzene rings is 1. The number of hydrogen-bond donors (Lipinski definition) is 3. The first-order valence-electron chi connectivity index (χ1n) is 13.1. The molecule has 2 aromatic rings. The topological polar surface area (TPSA) is 117 Å². The number of halogens is 3. The molecule has 2 fully saturated rings. The van der Waals surface area contributed by atoms with Crippen molar-refractivity contribution in [2.75, 3.05) is 36.5 Å². The fraction of sp³-hybridized carbons (Fsp3) is 0.556. The summed E-state index contributed by atoms with van der Waals surface area (Å²) in [5.41, 5.74) is 0.168. The van der Waals surface area contributed by atoms with Gasteiger partial charge >= 0.3 is 5.97 Å². The number of carboxylic acid groups (broad SMARTS) is 1. The highest BCUT2D eigenvalue weighted by Gasteiger charge is 2.36. The number of carbonyl (C=O) groups is 2. The van der Waals surface area contributed by atoms with Crippen LogP contribution in [0, 0.1) is 11.2 Å². The molecule has 0 unspecified atom stereocenters. The number of ether oxygens (including phenoxy) is 1. The Balaban J connectivity index is 1.46. The first kappa shape index (κ1) is 28.6. The Morgan fingerprint density at radius 3 is 2.49 bits per heavy atom. The fourth-order valence-corrected chi connectivity index (χ4v) is 4.75. The van der Waals surface area contributed by atoms with Crippen LogP contribution < -0.4 is 15.5 Å². The van der Waals surface area contributed by atoms with Crippen LogP contribution in [-0.4, -0.2) is 59.3 Å². The predicted molar refractivity (Wildman–Crippen MR) is 138 cm³/mol. The van der Waals surface area contributed by atoms with Crippen molar-refractivity contribution in [1.29, 1.82) is 0 Å². The number of rotatable bonds is 13. The van der Waals surface area contributed by atoms with Crippen molar-refractivity contribution in [3.8, 4) is 0 Å². The van der Waals surface area contributed by atoms with Crippen molar-refractivity contribution in [2.24, 2.45) is 5.41 Å². The molecule has 2 heterocycles. The van der Waals surface area contributed by atoms with Gasteiger partial charge in [0.15, 0.2) is 11.6 Å². The standard InChI is InChI=1S/C27H34F3N5O4/c1-26(29,30)19-4-2-18(3-5-19)15-35(20-6-7-20)25-23(28)24(33-17-34-25)32-16-27(9-12-39-13-10-27)14-21(36)31-11-8-22(37)38/h2-5,17,20H,6-16H2,1H3,(H,31,36)(H,37,38)(H,32,33,34). The number of carboxylic acids is 1. The summed E-state index contributed by atoms with van der Waals surface area (Å²) in [5.74, 6) is -4.66. The average molecular weight is 550 g/mol. The molecular weight excluding hydrogens is 515 g/mol. The largest absolute Gasteiger partial charge is 0.481 e. The molecule has 0 radical (unpaired) electrons. The fourth-order valence-electron chi connectivity index (χ4n) is 4.75. The second kappa shape index (κ2) is 12.2. The van der Waals surface area contributed by atoms with Crippen molar-refractivity contribution in [3.63, 3.8) is 0 Å². The van der Waals surface area contributed by atoms with Gasteiger partial charge in [-0.05, 0) is 31.2 Å². The lowest BCUT2D eigenvalue weighted by Crippen LogP contribution is -2.41. The van der Waals surface area contributed by atoms with E-state index in [0.29, 0.717) is 32.6 Å². The summed E-state index contributed by atoms with van der Waals surface area (Å²) in [6.07, 6.45) is 4.16. The van der Waals surface area contributed by atoms with Crippen LogP contribution in [0.1, 0.15) is 56.6 Å². The van der Waals surface area contributed by atoms with Crippen molar-refractivity contribution in [2.45, 2.75) is 64.0 Å². The van der Waals surface area contributed by atoms with E-state index in [2.05, 4.69) is 20.6 Å². The average Bonchev–Trinajstić information content (AvgIpc) is 3.72. The molecular formula is C27H34F3N5O4. The molecule has 212 valence electrons. The van der Waals surface area contributed by atoms with E-state index in [0.717, 1.165) is 25.3 Å². The normalized spacial score (nSPS) is 16.9. The van der Waals surface area contributed by atoms with Gasteiger partial charge in [-0.1, -0.05) is 24.3 Å². The van der Waals surface area contributed by atoms with Crippen LogP contribution in [0.5, 0.6) is 0 Å². The van der Waals surface area contributed by atoms with Crippen LogP contribution >= 0.6 is 0 Å². The summed E-state index contributed by atoms with van der Waals surface area (Å²) >= 11 is 0. The molecule has 1 aliphatic carbocycles. The van der Waals surface area contributed by atoms with Crippen LogP contribution in [-0.2, 0) is 26.8 Å². The van der Waals surface area contributed by atoms with E-state index >= 15 is 4.39 Å². The number of amides is 1. The third-order valence-corrected chi connectivity index (χ3v) is 7.23. The lowest BCUT2D eigenvalue weighted by molar-refractivity contribution is -0.137. The van der Waals surface area contributed by atoms with Crippen molar-refractivity contribution in [1.82, 2.24) is 15.3 Å². The van der Waals surface area contributed by atoms with Crippen molar-refractivity contribution >= 4 is 23.5 Å². The number of anilines is 2. The Morgan fingerprint density at radius 2 is 1.87 bits per heavy atom. The van der Waals surface area contributed by atoms with E-state index in [1.807, 2.05) is 4.90 Å². The van der Waals surface area contributed by atoms with Gasteiger partial charge in [-0.3, -0.25) is 9.59 Å². The van der Waals surface area contributed by atoms with E-state index in [1.54, 1.807) is 12.1 Å². The second-order valence-electron chi connectivity index (χ2n) is 10.4. The molecule has 1 amide bonds. The summed E-state index contributed by atoms with van der Waals surface area (Å²) in [4.78, 5) is 33.4. The lowest BCUT2D eigenvalue weighted by Gasteiger charge is -2.37. The molecule has 4 rings (SSSR count). The molecule has 1 aromatic carbocycles. The molecule has 0 bridgehead atoms. The van der Waals surface area contributed by atoms with Crippen LogP contribution in [0.3, 0.4) is 0 Å². The maximum atomic E-state index is 15.7. The molecule has 0 atom stereocenters. The van der Waals surface area contributed by atoms with Crippen molar-refractivity contribution < 1.29 is 32.6 Å². The quantitative estimate of drug-likeness (QED) is 0.342. The Morgan fingerprint density at radius 1 is 1.18 bits per heavy atom. The number of aliphatic carboxylic acids is 1. The maximum absolute atomic E-state index is 15.7. The van der Waals surface area contributed by atoms with Gasteiger partial charge in [-0.25, -0.2) is 18.7 Å². The number of alkyl halides is 2. The third kappa shape index (κ3) is 7.81. The molecule has 12 heteroatoms. The highest BCUT2D eigenvalue weighted by atomic mass is 19.3. The molecule has 1 saturated heterocycles. The SMILES string of the molecule is CC(F)(F)c1ccc(CN(c2ncnc(NCC3(CC(=O)NCCC(=O)O)CCOCC3)c2F)C2CC2)cc1. The van der Waals surface area contributed by atoms with Gasteiger partial charge in [0.25, 0.3) is 5.92 Å². The van der Waals surface area contributed by atoms with Crippen LogP contribution in [0.15, 0.2) is 30.6 Å². The van der Waals surface area contributed by atoms with E-state index in [4.69, 9.17) is 9.84 Å². The molecule has 2 aliphatic rings. The molecule has 9 nitrogen and oxygen atoms in total. The number of carbonyl (C=O) groups excluding carboxylic acids is 1. The van der Waals surface area contributed by atoms with Gasteiger partial charge < -0.3 is 25.4 Å². The Labute approximate surface area is 225 Å². The third-order valence-electron chi connectivity index (χ3n) is 7.23. The van der Waals surface area contributed by atoms with Gasteiger partial charge in [0.2, 0.25) is 11.7 Å². The zero-order chi connectivity index (χ0) is 28.0. The number of aromatic nitrogens is 2. The highest BCUT2D eigenvalue weighted by molar-refractivity contribution is 5.77. The molecule has 0 spiro atoms. The smallest absolute Gasteiger partial charge is 0.305 e. The molecule has 39 heavy (non-hydrogen) atoms. The lowest BCUT2D eigenvalue weighted by atomic mass is 9.77. The number of hydrogen-bond acceptors (Lipinski definition) is 7. The Bertz CT molecular complexity index is 1150. The Hall–Kier alpha value is -3.41. The number of nitrogens with one attached hydrogen (secondary N) is 2. The summed E-state index contributed by atoms with van der Waals surface area (Å²) in [5, 5.41) is 14.5. The summed E-state index contributed by atoms with van der Waals surface area (Å²) in [7, 11) is 0. The molecule has 1 saturated carbocycles. The maximum Gasteiger partial charge on any atom is 0.305 e. The molecule has 1 aromatic heterocycles. The highest BCUT2D eigenvalue weighted by Crippen LogP contribution is 2.37. The summed E-state index contributed by atoms with van der Waals surface area (Å²) < 4.78 is 48.4. The van der Waals surface area contributed by atoms with Gasteiger partial charge in [-0.2, -0.15) is 4.39 Å². The monoisotopic (exact) mass is 549 g/mol. The minimum atomic E-state index is -2.94. The van der Waals surface area contributed by atoms with E-state index in [9.17, 15) is 18.4 Å². The zero-order valence-electron chi connectivity index (χ0n) is 21.9. The zero-order valence-corrected chi connectivity index (χ0v) is 21.9. The van der Waals surface area contributed by atoms with Gasteiger partial charge in [-0.15, -0.1) is 0 Å². The predicted octanol–water partition coefficient (Wildman–Crippen LogP) is 4.09. The van der Waals surface area contributed by atoms with Gasteiger partial charge in [0, 0.05) is 63.2 Å². The van der Waals surface area contributed by atoms with E-state index in [1.165, 1.54) is 18.5 Å². The van der Waals surface area contributed by atoms with Gasteiger partial charge in [0.1, 0.15) is 6.33 Å². The summed E-state index contributed by atoms with van der Waals surface area (Å²) in [6, 6.07) is 6.10. The summed E-state index contributed by atoms with van der Waals surface area (Å²) in [6.45, 7) is 2.38. The van der Waals surface area contributed by atoms with E-state index < -0.39 is 23.1 Å². The molecule has 3 N–H and O–H groups in total. The second-order valence-corrected chi connectivity index (χ2v) is 10.4. The van der Waals surface area contributed by atoms with E-state index in [-0.39, 0.29) is 55.1 Å². The molecule has 1 aliphatic heterocycles.